The highest BCUT2D eigenvalue weighted by molar-refractivity contribution is 7.85. The van der Waals surface area contributed by atoms with Crippen LogP contribution in [0.25, 0.3) is 0 Å². The van der Waals surface area contributed by atoms with Crippen LogP contribution in [0.4, 0.5) is 0 Å². The van der Waals surface area contributed by atoms with Gasteiger partial charge in [-0.1, -0.05) is 0 Å². The van der Waals surface area contributed by atoms with Crippen LogP contribution in [0.1, 0.15) is 10.4 Å². The lowest BCUT2D eigenvalue weighted by Crippen LogP contribution is -2.29. The Bertz CT molecular complexity index is 397. The number of pyridine rings is 1. The number of rotatable bonds is 1. The van der Waals surface area contributed by atoms with Crippen LogP contribution in [0.2, 0.25) is 0 Å². The lowest BCUT2D eigenvalue weighted by Gasteiger charge is -1.95. The van der Waals surface area contributed by atoms with Gasteiger partial charge in [0.05, 0.1) is 6.26 Å². The molecule has 0 aliphatic rings. The molecule has 0 radical (unpaired) electrons. The summed E-state index contributed by atoms with van der Waals surface area (Å²) >= 11 is 0. The molecule has 1 aromatic rings. The van der Waals surface area contributed by atoms with E-state index in [1.807, 2.05) is 5.43 Å². The Morgan fingerprint density at radius 3 is 2.12 bits per heavy atom. The fourth-order valence-corrected chi connectivity index (χ4v) is 0.587. The number of aromatic nitrogens is 1. The highest BCUT2D eigenvalue weighted by atomic mass is 32.2. The van der Waals surface area contributed by atoms with Gasteiger partial charge < -0.3 is 5.48 Å². The number of amides is 1. The summed E-state index contributed by atoms with van der Waals surface area (Å²) in [7, 11) is -3.67. The maximum absolute atomic E-state index is 10.7. The molecule has 0 aromatic carbocycles. The smallest absolute Gasteiger partial charge is 0.265 e. The van der Waals surface area contributed by atoms with Crippen molar-refractivity contribution >= 4 is 16.0 Å². The fraction of sp³-hybridized carbons (Fsp3) is 0.143. The van der Waals surface area contributed by atoms with Gasteiger partial charge in [0.2, 0.25) is 0 Å². The van der Waals surface area contributed by atoms with Crippen molar-refractivity contribution in [1.29, 1.82) is 0 Å². The normalized spacial score (nSPS) is 9.19. The fourth-order valence-electron chi connectivity index (χ4n) is 0.587. The predicted molar refractivity (Wildman–Crippen MR) is 57.0 cm³/mol. The van der Waals surface area contributed by atoms with Crippen LogP contribution in [0.15, 0.2) is 24.5 Å². The SMILES string of the molecule is CS(=O)(=O)O.NNC(=O)c1ccncc1.O. The monoisotopic (exact) mass is 251 g/mol. The number of hydrogen-bond acceptors (Lipinski definition) is 5. The Labute approximate surface area is 92.5 Å². The van der Waals surface area contributed by atoms with Gasteiger partial charge in [-0.3, -0.25) is 19.8 Å². The number of nitrogen functional groups attached to an aromatic ring is 1. The van der Waals surface area contributed by atoms with Gasteiger partial charge >= 0.3 is 0 Å². The summed E-state index contributed by atoms with van der Waals surface area (Å²) in [5.41, 5.74) is 2.53. The summed E-state index contributed by atoms with van der Waals surface area (Å²) in [5.74, 6) is 4.58. The minimum atomic E-state index is -3.67. The quantitative estimate of drug-likeness (QED) is 0.235. The molecule has 92 valence electrons. The van der Waals surface area contributed by atoms with Gasteiger partial charge in [-0.25, -0.2) is 5.84 Å². The molecule has 0 unspecified atom stereocenters. The van der Waals surface area contributed by atoms with Crippen LogP contribution in [0.5, 0.6) is 0 Å². The van der Waals surface area contributed by atoms with Crippen molar-refractivity contribution in [2.24, 2.45) is 5.84 Å². The van der Waals surface area contributed by atoms with E-state index in [1.54, 1.807) is 12.1 Å². The third-order valence-corrected chi connectivity index (χ3v) is 1.07. The molecule has 0 atom stereocenters. The Hall–Kier alpha value is -1.55. The summed E-state index contributed by atoms with van der Waals surface area (Å²) in [4.78, 5) is 14.5. The number of carbonyl (C=O) groups is 1. The first-order chi connectivity index (χ1) is 6.84. The predicted octanol–water partition coefficient (Wildman–Crippen LogP) is -1.64. The maximum atomic E-state index is 10.7. The van der Waals surface area contributed by atoms with Crippen molar-refractivity contribution in [2.75, 3.05) is 6.26 Å². The molecule has 0 saturated carbocycles. The average molecular weight is 251 g/mol. The highest BCUT2D eigenvalue weighted by Gasteiger charge is 1.98. The van der Waals surface area contributed by atoms with E-state index in [0.717, 1.165) is 0 Å². The van der Waals surface area contributed by atoms with Crippen LogP contribution >= 0.6 is 0 Å². The molecule has 6 N–H and O–H groups in total. The number of nitrogens with zero attached hydrogens (tertiary/aromatic N) is 1. The molecule has 0 saturated heterocycles. The zero-order valence-electron chi connectivity index (χ0n) is 8.41. The second kappa shape index (κ2) is 7.70. The van der Waals surface area contributed by atoms with Crippen LogP contribution < -0.4 is 11.3 Å². The second-order valence-electron chi connectivity index (χ2n) is 2.44. The van der Waals surface area contributed by atoms with Gasteiger partial charge in [-0.05, 0) is 12.1 Å². The zero-order chi connectivity index (χ0) is 11.9. The third-order valence-electron chi connectivity index (χ3n) is 1.07. The molecule has 8 nitrogen and oxygen atoms in total. The molecule has 0 aliphatic heterocycles. The van der Waals surface area contributed by atoms with Gasteiger partial charge in [0.1, 0.15) is 0 Å². The van der Waals surface area contributed by atoms with E-state index in [4.69, 9.17) is 10.4 Å². The first-order valence-corrected chi connectivity index (χ1v) is 5.53. The van der Waals surface area contributed by atoms with E-state index in [9.17, 15) is 13.2 Å². The van der Waals surface area contributed by atoms with Crippen molar-refractivity contribution in [3.8, 4) is 0 Å². The molecule has 1 heterocycles. The molecular weight excluding hydrogens is 238 g/mol. The number of carbonyl (C=O) groups excluding carboxylic acids is 1. The van der Waals surface area contributed by atoms with Crippen molar-refractivity contribution in [2.45, 2.75) is 0 Å². The summed E-state index contributed by atoms with van der Waals surface area (Å²) in [6, 6.07) is 3.17. The largest absolute Gasteiger partial charge is 0.412 e. The summed E-state index contributed by atoms with van der Waals surface area (Å²) in [5, 5.41) is 0. The van der Waals surface area contributed by atoms with E-state index in [1.165, 1.54) is 12.4 Å². The zero-order valence-corrected chi connectivity index (χ0v) is 9.23. The lowest BCUT2D eigenvalue weighted by atomic mass is 10.3. The summed E-state index contributed by atoms with van der Waals surface area (Å²) in [6.45, 7) is 0. The Balaban J connectivity index is 0. The Morgan fingerprint density at radius 1 is 1.44 bits per heavy atom. The lowest BCUT2D eigenvalue weighted by molar-refractivity contribution is 0.0953. The van der Waals surface area contributed by atoms with Crippen LogP contribution in [0.3, 0.4) is 0 Å². The van der Waals surface area contributed by atoms with Crippen LogP contribution in [0, 0.1) is 0 Å². The molecule has 9 heteroatoms. The number of nitrogens with one attached hydrogen (secondary N) is 1. The summed E-state index contributed by atoms with van der Waals surface area (Å²) in [6.07, 6.45) is 3.78. The minimum absolute atomic E-state index is 0. The molecule has 1 amide bonds. The van der Waals surface area contributed by atoms with E-state index in [2.05, 4.69) is 4.98 Å². The van der Waals surface area contributed by atoms with Crippen molar-refractivity contribution in [3.05, 3.63) is 30.1 Å². The third kappa shape index (κ3) is 10.5. The maximum Gasteiger partial charge on any atom is 0.265 e. The molecule has 0 bridgehead atoms. The molecule has 1 rings (SSSR count). The highest BCUT2D eigenvalue weighted by Crippen LogP contribution is 1.93. The first kappa shape index (κ1) is 16.9. The van der Waals surface area contributed by atoms with Crippen LogP contribution in [-0.2, 0) is 10.1 Å². The molecule has 0 aliphatic carbocycles. The second-order valence-corrected chi connectivity index (χ2v) is 3.91. The number of nitrogens with two attached hydrogens (primary N) is 1. The van der Waals surface area contributed by atoms with E-state index in [0.29, 0.717) is 11.8 Å². The average Bonchev–Trinajstić information content (AvgIpc) is 2.15. The Kier molecular flexibility index (Phi) is 8.12. The van der Waals surface area contributed by atoms with Crippen molar-refractivity contribution < 1.29 is 23.2 Å². The number of hydrazine groups is 1. The molecular formula is C7H13N3O5S. The van der Waals surface area contributed by atoms with Gasteiger partial charge in [-0.2, -0.15) is 8.42 Å². The topological polar surface area (TPSA) is 154 Å². The van der Waals surface area contributed by atoms with Gasteiger partial charge in [0, 0.05) is 18.0 Å². The summed E-state index contributed by atoms with van der Waals surface area (Å²) < 4.78 is 25.9. The van der Waals surface area contributed by atoms with Crippen molar-refractivity contribution in [3.63, 3.8) is 0 Å². The Morgan fingerprint density at radius 2 is 1.81 bits per heavy atom. The van der Waals surface area contributed by atoms with Crippen LogP contribution in [-0.4, -0.2) is 35.6 Å². The minimum Gasteiger partial charge on any atom is -0.412 e. The molecule has 1 aromatic heterocycles. The van der Waals surface area contributed by atoms with Crippen molar-refractivity contribution in [1.82, 2.24) is 10.4 Å². The van der Waals surface area contributed by atoms with Gasteiger partial charge in [0.15, 0.2) is 0 Å². The molecule has 0 spiro atoms. The molecule has 0 fully saturated rings. The standard InChI is InChI=1S/C6H7N3O.CH4O3S.H2O/c7-9-6(10)5-1-3-8-4-2-5;1-5(2,3)4;/h1-4H,7H2,(H,9,10);1H3,(H,2,3,4);1H2. The van der Waals surface area contributed by atoms with E-state index in [-0.39, 0.29) is 11.4 Å². The van der Waals surface area contributed by atoms with Gasteiger partial charge in [-0.15, -0.1) is 0 Å². The van der Waals surface area contributed by atoms with Gasteiger partial charge in [0.25, 0.3) is 16.0 Å². The first-order valence-electron chi connectivity index (χ1n) is 3.68. The van der Waals surface area contributed by atoms with E-state index < -0.39 is 10.1 Å². The number of hydrogen-bond donors (Lipinski definition) is 3. The molecule has 16 heavy (non-hydrogen) atoms. The van der Waals surface area contributed by atoms with E-state index >= 15 is 0 Å².